The van der Waals surface area contributed by atoms with Gasteiger partial charge in [-0.15, -0.1) is 12.4 Å². The normalized spacial score (nSPS) is 9.76. The molecule has 1 aromatic heterocycles. The minimum atomic E-state index is -0.0935. The van der Waals surface area contributed by atoms with Crippen LogP contribution in [0.3, 0.4) is 0 Å². The molecule has 0 saturated carbocycles. The standard InChI is InChI=1S/C10H7Cl2N3O.ClH/c11-8-2-1-7(3-9(8)12)10(16)4-15-6-13-5-14-15;/h1-3,5-6H,4H2;1H. The van der Waals surface area contributed by atoms with Crippen molar-refractivity contribution < 1.29 is 4.79 Å². The number of rotatable bonds is 3. The first-order valence-corrected chi connectivity index (χ1v) is 5.23. The van der Waals surface area contributed by atoms with Gasteiger partial charge in [-0.05, 0) is 18.2 Å². The van der Waals surface area contributed by atoms with Gasteiger partial charge in [-0.1, -0.05) is 23.2 Å². The topological polar surface area (TPSA) is 47.8 Å². The molecule has 0 aliphatic heterocycles. The number of halogens is 3. The Morgan fingerprint density at radius 1 is 1.29 bits per heavy atom. The zero-order valence-corrected chi connectivity index (χ0v) is 10.8. The maximum atomic E-state index is 11.8. The highest BCUT2D eigenvalue weighted by molar-refractivity contribution is 6.42. The van der Waals surface area contributed by atoms with Gasteiger partial charge in [0, 0.05) is 5.56 Å². The van der Waals surface area contributed by atoms with Crippen LogP contribution in [0.4, 0.5) is 0 Å². The molecule has 17 heavy (non-hydrogen) atoms. The summed E-state index contributed by atoms with van der Waals surface area (Å²) in [5.41, 5.74) is 0.505. The lowest BCUT2D eigenvalue weighted by Crippen LogP contribution is -2.10. The highest BCUT2D eigenvalue weighted by atomic mass is 35.5. The van der Waals surface area contributed by atoms with Gasteiger partial charge in [0.05, 0.1) is 10.0 Å². The number of nitrogens with zero attached hydrogens (tertiary/aromatic N) is 3. The molecule has 0 amide bonds. The van der Waals surface area contributed by atoms with Crippen molar-refractivity contribution in [2.75, 3.05) is 0 Å². The zero-order valence-electron chi connectivity index (χ0n) is 8.51. The molecule has 4 nitrogen and oxygen atoms in total. The molecule has 0 N–H and O–H groups in total. The Morgan fingerprint density at radius 3 is 2.65 bits per heavy atom. The molecule has 0 bridgehead atoms. The SMILES string of the molecule is Cl.O=C(Cn1cncn1)c1ccc(Cl)c(Cl)c1. The molecule has 1 aromatic carbocycles. The number of benzene rings is 1. The molecule has 7 heteroatoms. The van der Waals surface area contributed by atoms with E-state index >= 15 is 0 Å². The average molecular weight is 293 g/mol. The number of ketones is 1. The largest absolute Gasteiger partial charge is 0.292 e. The second-order valence-corrected chi connectivity index (χ2v) is 3.96. The first-order valence-electron chi connectivity index (χ1n) is 4.47. The van der Waals surface area contributed by atoms with Crippen molar-refractivity contribution in [2.45, 2.75) is 6.54 Å². The maximum Gasteiger partial charge on any atom is 0.184 e. The molecule has 90 valence electrons. The number of hydrogen-bond acceptors (Lipinski definition) is 3. The first kappa shape index (κ1) is 14.0. The van der Waals surface area contributed by atoms with E-state index in [1.807, 2.05) is 0 Å². The molecule has 0 fully saturated rings. The molecular formula is C10H8Cl3N3O. The lowest BCUT2D eigenvalue weighted by atomic mass is 10.1. The Morgan fingerprint density at radius 2 is 2.06 bits per heavy atom. The Hall–Kier alpha value is -1.10. The van der Waals surface area contributed by atoms with E-state index in [0.29, 0.717) is 15.6 Å². The Labute approximate surface area is 114 Å². The van der Waals surface area contributed by atoms with Crippen molar-refractivity contribution in [3.63, 3.8) is 0 Å². The van der Waals surface area contributed by atoms with E-state index in [1.165, 1.54) is 17.3 Å². The summed E-state index contributed by atoms with van der Waals surface area (Å²) in [7, 11) is 0. The quantitative estimate of drug-likeness (QED) is 0.817. The van der Waals surface area contributed by atoms with E-state index in [2.05, 4.69) is 10.1 Å². The van der Waals surface area contributed by atoms with Crippen LogP contribution >= 0.6 is 35.6 Å². The van der Waals surface area contributed by atoms with Crippen LogP contribution in [0.2, 0.25) is 10.0 Å². The fourth-order valence-corrected chi connectivity index (χ4v) is 1.52. The van der Waals surface area contributed by atoms with E-state index < -0.39 is 0 Å². The molecule has 0 spiro atoms. The summed E-state index contributed by atoms with van der Waals surface area (Å²) >= 11 is 11.6. The van der Waals surface area contributed by atoms with Crippen LogP contribution in [0.1, 0.15) is 10.4 Å². The van der Waals surface area contributed by atoms with Crippen LogP contribution in [0.15, 0.2) is 30.9 Å². The van der Waals surface area contributed by atoms with Crippen LogP contribution in [0.5, 0.6) is 0 Å². The molecule has 0 aliphatic carbocycles. The summed E-state index contributed by atoms with van der Waals surface area (Å²) in [6.45, 7) is 0.137. The number of hydrogen-bond donors (Lipinski definition) is 0. The second-order valence-electron chi connectivity index (χ2n) is 3.15. The first-order chi connectivity index (χ1) is 7.66. The smallest absolute Gasteiger partial charge is 0.184 e. The molecule has 1 heterocycles. The molecule has 2 rings (SSSR count). The van der Waals surface area contributed by atoms with E-state index in [4.69, 9.17) is 23.2 Å². The van der Waals surface area contributed by atoms with Gasteiger partial charge < -0.3 is 0 Å². The lowest BCUT2D eigenvalue weighted by molar-refractivity contribution is 0.0967. The molecule has 0 aliphatic rings. The van der Waals surface area contributed by atoms with Gasteiger partial charge in [-0.25, -0.2) is 9.67 Å². The number of aromatic nitrogens is 3. The van der Waals surface area contributed by atoms with Crippen molar-refractivity contribution in [3.8, 4) is 0 Å². The van der Waals surface area contributed by atoms with Crippen molar-refractivity contribution >= 4 is 41.4 Å². The highest BCUT2D eigenvalue weighted by Gasteiger charge is 2.09. The predicted octanol–water partition coefficient (Wildman–Crippen LogP) is 2.89. The fourth-order valence-electron chi connectivity index (χ4n) is 1.22. The maximum absolute atomic E-state index is 11.8. The van der Waals surface area contributed by atoms with Crippen LogP contribution in [0.25, 0.3) is 0 Å². The van der Waals surface area contributed by atoms with Crippen LogP contribution < -0.4 is 0 Å². The third kappa shape index (κ3) is 3.43. The van der Waals surface area contributed by atoms with Crippen molar-refractivity contribution in [1.82, 2.24) is 14.8 Å². The third-order valence-electron chi connectivity index (χ3n) is 2.01. The highest BCUT2D eigenvalue weighted by Crippen LogP contribution is 2.22. The average Bonchev–Trinajstić information content (AvgIpc) is 2.74. The molecule has 0 radical (unpaired) electrons. The summed E-state index contributed by atoms with van der Waals surface area (Å²) in [6.07, 6.45) is 2.86. The Bertz CT molecular complexity index is 514. The summed E-state index contributed by atoms with van der Waals surface area (Å²) in [6, 6.07) is 4.77. The summed E-state index contributed by atoms with van der Waals surface area (Å²) in [4.78, 5) is 15.5. The van der Waals surface area contributed by atoms with E-state index in [1.54, 1.807) is 18.2 Å². The number of Topliss-reactive ketones (excluding diaryl/α,β-unsaturated/α-hetero) is 1. The van der Waals surface area contributed by atoms with Gasteiger partial charge in [0.1, 0.15) is 19.2 Å². The molecule has 2 aromatic rings. The van der Waals surface area contributed by atoms with E-state index in [0.717, 1.165) is 0 Å². The van der Waals surface area contributed by atoms with Crippen LogP contribution in [0, 0.1) is 0 Å². The number of carbonyl (C=O) groups is 1. The van der Waals surface area contributed by atoms with Gasteiger partial charge >= 0.3 is 0 Å². The van der Waals surface area contributed by atoms with Crippen LogP contribution in [-0.4, -0.2) is 20.5 Å². The van der Waals surface area contributed by atoms with Gasteiger partial charge in [0.25, 0.3) is 0 Å². The molecule has 0 saturated heterocycles. The summed E-state index contributed by atoms with van der Waals surface area (Å²) < 4.78 is 1.45. The minimum absolute atomic E-state index is 0. The minimum Gasteiger partial charge on any atom is -0.292 e. The Balaban J connectivity index is 0.00000144. The van der Waals surface area contributed by atoms with Gasteiger partial charge in [0.15, 0.2) is 5.78 Å². The van der Waals surface area contributed by atoms with Crippen molar-refractivity contribution in [2.24, 2.45) is 0 Å². The third-order valence-corrected chi connectivity index (χ3v) is 2.75. The monoisotopic (exact) mass is 291 g/mol. The van der Waals surface area contributed by atoms with Gasteiger partial charge in [-0.3, -0.25) is 4.79 Å². The van der Waals surface area contributed by atoms with Gasteiger partial charge in [-0.2, -0.15) is 5.10 Å². The zero-order chi connectivity index (χ0) is 11.5. The summed E-state index contributed by atoms with van der Waals surface area (Å²) in [5, 5.41) is 4.64. The van der Waals surface area contributed by atoms with E-state index in [-0.39, 0.29) is 24.7 Å². The molecule has 0 atom stereocenters. The van der Waals surface area contributed by atoms with Crippen molar-refractivity contribution in [3.05, 3.63) is 46.5 Å². The molecule has 0 unspecified atom stereocenters. The molecular weight excluding hydrogens is 284 g/mol. The fraction of sp³-hybridized carbons (Fsp3) is 0.100. The van der Waals surface area contributed by atoms with Crippen LogP contribution in [-0.2, 0) is 6.54 Å². The van der Waals surface area contributed by atoms with Gasteiger partial charge in [0.2, 0.25) is 0 Å². The summed E-state index contributed by atoms with van der Waals surface area (Å²) in [5.74, 6) is -0.0935. The van der Waals surface area contributed by atoms with E-state index in [9.17, 15) is 4.79 Å². The lowest BCUT2D eigenvalue weighted by Gasteiger charge is -2.02. The number of carbonyl (C=O) groups excluding carboxylic acids is 1. The Kier molecular flexibility index (Phi) is 4.93. The van der Waals surface area contributed by atoms with Crippen molar-refractivity contribution in [1.29, 1.82) is 0 Å². The second kappa shape index (κ2) is 6.00. The predicted molar refractivity (Wildman–Crippen MR) is 68.1 cm³/mol.